The van der Waals surface area contributed by atoms with E-state index in [1.165, 1.54) is 0 Å². The van der Waals surface area contributed by atoms with Crippen molar-refractivity contribution in [1.29, 1.82) is 0 Å². The standard InChI is InChI=1S/C20H22N4O3/c25-18(22-11-9-15-3-1-10-21-13-15)14-23-20(27)16-5-7-17(8-6-16)24-12-2-4-19(24)26/h1,3,5-8,10,13H,2,4,9,11-12,14H2,(H,22,25)(H,23,27). The molecule has 0 aliphatic carbocycles. The summed E-state index contributed by atoms with van der Waals surface area (Å²) in [6, 6.07) is 10.6. The number of aromatic nitrogens is 1. The van der Waals surface area contributed by atoms with Gasteiger partial charge in [-0.05, 0) is 48.7 Å². The van der Waals surface area contributed by atoms with E-state index in [1.807, 2.05) is 12.1 Å². The predicted octanol–water partition coefficient (Wildman–Crippen LogP) is 1.30. The van der Waals surface area contributed by atoms with E-state index < -0.39 is 0 Å². The lowest BCUT2D eigenvalue weighted by Crippen LogP contribution is -2.37. The largest absolute Gasteiger partial charge is 0.354 e. The van der Waals surface area contributed by atoms with Gasteiger partial charge in [0.1, 0.15) is 0 Å². The maximum atomic E-state index is 12.2. The van der Waals surface area contributed by atoms with E-state index in [9.17, 15) is 14.4 Å². The number of benzene rings is 1. The van der Waals surface area contributed by atoms with Crippen LogP contribution in [0.2, 0.25) is 0 Å². The van der Waals surface area contributed by atoms with Gasteiger partial charge in [-0.3, -0.25) is 19.4 Å². The SMILES string of the molecule is O=C(CNC(=O)c1ccc(N2CCCC2=O)cc1)NCCc1cccnc1. The molecule has 2 heterocycles. The second-order valence-electron chi connectivity index (χ2n) is 6.34. The van der Waals surface area contributed by atoms with Crippen molar-refractivity contribution in [3.8, 4) is 0 Å². The van der Waals surface area contributed by atoms with Crippen molar-refractivity contribution in [2.75, 3.05) is 24.5 Å². The molecule has 1 aromatic heterocycles. The fraction of sp³-hybridized carbons (Fsp3) is 0.300. The molecule has 1 aliphatic rings. The van der Waals surface area contributed by atoms with Crippen molar-refractivity contribution in [2.45, 2.75) is 19.3 Å². The molecule has 0 radical (unpaired) electrons. The summed E-state index contributed by atoms with van der Waals surface area (Å²) < 4.78 is 0. The van der Waals surface area contributed by atoms with Gasteiger partial charge in [0, 0.05) is 43.2 Å². The third-order valence-corrected chi connectivity index (χ3v) is 4.38. The zero-order valence-electron chi connectivity index (χ0n) is 15.0. The van der Waals surface area contributed by atoms with E-state index in [4.69, 9.17) is 0 Å². The van der Waals surface area contributed by atoms with Crippen LogP contribution in [0.1, 0.15) is 28.8 Å². The minimum Gasteiger partial charge on any atom is -0.354 e. The van der Waals surface area contributed by atoms with Crippen molar-refractivity contribution >= 4 is 23.4 Å². The number of pyridine rings is 1. The minimum absolute atomic E-state index is 0.0851. The first-order valence-corrected chi connectivity index (χ1v) is 8.98. The van der Waals surface area contributed by atoms with Crippen molar-refractivity contribution in [3.63, 3.8) is 0 Å². The molecule has 1 aliphatic heterocycles. The molecule has 2 aromatic rings. The van der Waals surface area contributed by atoms with E-state index in [2.05, 4.69) is 15.6 Å². The summed E-state index contributed by atoms with van der Waals surface area (Å²) in [5.74, 6) is -0.460. The number of hydrogen-bond donors (Lipinski definition) is 2. The smallest absolute Gasteiger partial charge is 0.251 e. The van der Waals surface area contributed by atoms with E-state index in [0.717, 1.165) is 17.7 Å². The Morgan fingerprint density at radius 3 is 2.59 bits per heavy atom. The molecular formula is C20H22N4O3. The summed E-state index contributed by atoms with van der Waals surface area (Å²) in [7, 11) is 0. The first-order chi connectivity index (χ1) is 13.1. The first-order valence-electron chi connectivity index (χ1n) is 8.98. The van der Waals surface area contributed by atoms with Gasteiger partial charge < -0.3 is 15.5 Å². The normalized spacial score (nSPS) is 13.5. The highest BCUT2D eigenvalue weighted by Gasteiger charge is 2.21. The monoisotopic (exact) mass is 366 g/mol. The van der Waals surface area contributed by atoms with Gasteiger partial charge in [0.15, 0.2) is 0 Å². The summed E-state index contributed by atoms with van der Waals surface area (Å²) in [6.07, 6.45) is 5.57. The van der Waals surface area contributed by atoms with Crippen LogP contribution in [-0.2, 0) is 16.0 Å². The fourth-order valence-electron chi connectivity index (χ4n) is 2.93. The van der Waals surface area contributed by atoms with Crippen LogP contribution in [0.15, 0.2) is 48.8 Å². The lowest BCUT2D eigenvalue weighted by molar-refractivity contribution is -0.120. The molecule has 140 valence electrons. The van der Waals surface area contributed by atoms with Gasteiger partial charge in [-0.2, -0.15) is 0 Å². The number of anilines is 1. The van der Waals surface area contributed by atoms with E-state index >= 15 is 0 Å². The number of rotatable bonds is 7. The van der Waals surface area contributed by atoms with Gasteiger partial charge in [0.25, 0.3) is 5.91 Å². The van der Waals surface area contributed by atoms with E-state index in [0.29, 0.717) is 31.5 Å². The molecule has 27 heavy (non-hydrogen) atoms. The van der Waals surface area contributed by atoms with Crippen LogP contribution in [0.4, 0.5) is 5.69 Å². The molecule has 2 N–H and O–H groups in total. The van der Waals surface area contributed by atoms with Gasteiger partial charge in [-0.15, -0.1) is 0 Å². The molecule has 0 spiro atoms. The fourth-order valence-corrected chi connectivity index (χ4v) is 2.93. The van der Waals surface area contributed by atoms with Crippen molar-refractivity contribution in [3.05, 3.63) is 59.9 Å². The molecule has 7 heteroatoms. The third-order valence-electron chi connectivity index (χ3n) is 4.38. The molecule has 1 saturated heterocycles. The van der Waals surface area contributed by atoms with Gasteiger partial charge in [0.2, 0.25) is 11.8 Å². The van der Waals surface area contributed by atoms with Crippen LogP contribution < -0.4 is 15.5 Å². The molecule has 0 unspecified atom stereocenters. The Labute approximate surface area is 157 Å². The number of carbonyl (C=O) groups is 3. The molecule has 3 rings (SSSR count). The minimum atomic E-state index is -0.322. The summed E-state index contributed by atoms with van der Waals surface area (Å²) >= 11 is 0. The number of nitrogens with zero attached hydrogens (tertiary/aromatic N) is 2. The predicted molar refractivity (Wildman–Crippen MR) is 101 cm³/mol. The second kappa shape index (κ2) is 8.93. The Morgan fingerprint density at radius 2 is 1.93 bits per heavy atom. The summed E-state index contributed by atoms with van der Waals surface area (Å²) in [5.41, 5.74) is 2.29. The lowest BCUT2D eigenvalue weighted by atomic mass is 10.2. The average Bonchev–Trinajstić information content (AvgIpc) is 3.13. The second-order valence-corrected chi connectivity index (χ2v) is 6.34. The molecule has 0 bridgehead atoms. The van der Waals surface area contributed by atoms with Crippen LogP contribution in [0.5, 0.6) is 0 Å². The topological polar surface area (TPSA) is 91.4 Å². The van der Waals surface area contributed by atoms with Gasteiger partial charge >= 0.3 is 0 Å². The zero-order valence-corrected chi connectivity index (χ0v) is 15.0. The van der Waals surface area contributed by atoms with E-state index in [1.54, 1.807) is 41.6 Å². The molecule has 3 amide bonds. The third kappa shape index (κ3) is 5.13. The first kappa shape index (κ1) is 18.6. The van der Waals surface area contributed by atoms with Crippen LogP contribution in [-0.4, -0.2) is 42.3 Å². The van der Waals surface area contributed by atoms with Crippen LogP contribution in [0.3, 0.4) is 0 Å². The maximum absolute atomic E-state index is 12.2. The van der Waals surface area contributed by atoms with Crippen molar-refractivity contribution < 1.29 is 14.4 Å². The van der Waals surface area contributed by atoms with Crippen LogP contribution in [0, 0.1) is 0 Å². The van der Waals surface area contributed by atoms with Crippen LogP contribution >= 0.6 is 0 Å². The molecule has 0 saturated carbocycles. The van der Waals surface area contributed by atoms with Gasteiger partial charge in [-0.1, -0.05) is 6.07 Å². The molecule has 0 atom stereocenters. The van der Waals surface area contributed by atoms with E-state index in [-0.39, 0.29) is 24.3 Å². The summed E-state index contributed by atoms with van der Waals surface area (Å²) in [4.78, 5) is 41.5. The number of hydrogen-bond acceptors (Lipinski definition) is 4. The zero-order chi connectivity index (χ0) is 19.1. The number of amides is 3. The summed E-state index contributed by atoms with van der Waals surface area (Å²) in [5, 5.41) is 5.36. The molecule has 7 nitrogen and oxygen atoms in total. The van der Waals surface area contributed by atoms with Crippen LogP contribution in [0.25, 0.3) is 0 Å². The Morgan fingerprint density at radius 1 is 1.11 bits per heavy atom. The number of nitrogens with one attached hydrogen (secondary N) is 2. The lowest BCUT2D eigenvalue weighted by Gasteiger charge is -2.15. The number of carbonyl (C=O) groups excluding carboxylic acids is 3. The van der Waals surface area contributed by atoms with Crippen molar-refractivity contribution in [2.24, 2.45) is 0 Å². The highest BCUT2D eigenvalue weighted by atomic mass is 16.2. The maximum Gasteiger partial charge on any atom is 0.251 e. The van der Waals surface area contributed by atoms with Crippen molar-refractivity contribution in [1.82, 2.24) is 15.6 Å². The molecule has 1 aromatic carbocycles. The Hall–Kier alpha value is -3.22. The Bertz CT molecular complexity index is 806. The van der Waals surface area contributed by atoms with Gasteiger partial charge in [0.05, 0.1) is 6.54 Å². The average molecular weight is 366 g/mol. The Balaban J connectivity index is 1.42. The highest BCUT2D eigenvalue weighted by molar-refractivity contribution is 5.98. The molecule has 1 fully saturated rings. The van der Waals surface area contributed by atoms with Gasteiger partial charge in [-0.25, -0.2) is 0 Å². The highest BCUT2D eigenvalue weighted by Crippen LogP contribution is 2.21. The Kier molecular flexibility index (Phi) is 6.14. The quantitative estimate of drug-likeness (QED) is 0.773. The summed E-state index contributed by atoms with van der Waals surface area (Å²) in [6.45, 7) is 1.11. The molecular weight excluding hydrogens is 344 g/mol.